The molecule has 0 radical (unpaired) electrons. The van der Waals surface area contributed by atoms with Crippen LogP contribution in [0.25, 0.3) is 0 Å². The second-order valence-corrected chi connectivity index (χ2v) is 6.11. The van der Waals surface area contributed by atoms with Gasteiger partial charge in [-0.2, -0.15) is 0 Å². The SMILES string of the molecule is CCNC(Cc1ccccc1)C(C)(CC)N1CCOCC1. The van der Waals surface area contributed by atoms with E-state index in [4.69, 9.17) is 4.74 Å². The van der Waals surface area contributed by atoms with Gasteiger partial charge in [-0.25, -0.2) is 0 Å². The van der Waals surface area contributed by atoms with Crippen molar-refractivity contribution in [2.24, 2.45) is 0 Å². The van der Waals surface area contributed by atoms with Crippen molar-refractivity contribution in [2.45, 2.75) is 45.2 Å². The van der Waals surface area contributed by atoms with E-state index in [1.807, 2.05) is 0 Å². The molecule has 2 rings (SSSR count). The Morgan fingerprint density at radius 2 is 1.86 bits per heavy atom. The number of hydrogen-bond donors (Lipinski definition) is 1. The van der Waals surface area contributed by atoms with Crippen molar-refractivity contribution in [3.8, 4) is 0 Å². The van der Waals surface area contributed by atoms with Gasteiger partial charge in [0, 0.05) is 24.7 Å². The second kappa shape index (κ2) is 7.92. The Hall–Kier alpha value is -0.900. The Bertz CT molecular complexity index is 403. The normalized spacial score (nSPS) is 20.9. The molecule has 1 heterocycles. The lowest BCUT2D eigenvalue weighted by atomic mass is 9.83. The fraction of sp³-hybridized carbons (Fsp3) is 0.667. The second-order valence-electron chi connectivity index (χ2n) is 6.11. The van der Waals surface area contributed by atoms with Crippen molar-refractivity contribution in [1.29, 1.82) is 0 Å². The standard InChI is InChI=1S/C18H30N2O/c1-4-18(3,20-11-13-21-14-12-20)17(19-5-2)15-16-9-7-6-8-10-16/h6-10,17,19H,4-5,11-15H2,1-3H3. The van der Waals surface area contributed by atoms with E-state index in [1.54, 1.807) is 0 Å². The van der Waals surface area contributed by atoms with Crippen LogP contribution in [0.4, 0.5) is 0 Å². The van der Waals surface area contributed by atoms with Crippen molar-refractivity contribution in [3.63, 3.8) is 0 Å². The summed E-state index contributed by atoms with van der Waals surface area (Å²) in [6.07, 6.45) is 2.23. The lowest BCUT2D eigenvalue weighted by Crippen LogP contribution is -2.62. The summed E-state index contributed by atoms with van der Waals surface area (Å²) in [6, 6.07) is 11.3. The number of rotatable bonds is 7. The molecule has 1 fully saturated rings. The molecule has 2 atom stereocenters. The van der Waals surface area contributed by atoms with Crippen molar-refractivity contribution in [1.82, 2.24) is 10.2 Å². The summed E-state index contributed by atoms with van der Waals surface area (Å²) in [4.78, 5) is 2.62. The first-order valence-corrected chi connectivity index (χ1v) is 8.30. The van der Waals surface area contributed by atoms with Crippen LogP contribution in [-0.2, 0) is 11.2 Å². The number of nitrogens with one attached hydrogen (secondary N) is 1. The molecule has 118 valence electrons. The molecule has 0 saturated carbocycles. The topological polar surface area (TPSA) is 24.5 Å². The highest BCUT2D eigenvalue weighted by molar-refractivity contribution is 5.17. The molecule has 1 aromatic rings. The third kappa shape index (κ3) is 4.06. The Labute approximate surface area is 129 Å². The van der Waals surface area contributed by atoms with E-state index in [-0.39, 0.29) is 5.54 Å². The average Bonchev–Trinajstić information content (AvgIpc) is 2.55. The monoisotopic (exact) mass is 290 g/mol. The predicted octanol–water partition coefficient (Wildman–Crippen LogP) is 2.71. The molecule has 1 aliphatic rings. The van der Waals surface area contributed by atoms with Crippen LogP contribution in [0, 0.1) is 0 Å². The summed E-state index contributed by atoms with van der Waals surface area (Å²) >= 11 is 0. The zero-order valence-corrected chi connectivity index (χ0v) is 13.8. The molecule has 0 bridgehead atoms. The Kier molecular flexibility index (Phi) is 6.22. The Morgan fingerprint density at radius 3 is 2.43 bits per heavy atom. The summed E-state index contributed by atoms with van der Waals surface area (Å²) < 4.78 is 5.54. The van der Waals surface area contributed by atoms with Crippen LogP contribution in [0.1, 0.15) is 32.8 Å². The van der Waals surface area contributed by atoms with Gasteiger partial charge in [0.2, 0.25) is 0 Å². The highest BCUT2D eigenvalue weighted by Gasteiger charge is 2.38. The first-order chi connectivity index (χ1) is 10.2. The highest BCUT2D eigenvalue weighted by atomic mass is 16.5. The minimum absolute atomic E-state index is 0.176. The van der Waals surface area contributed by atoms with Gasteiger partial charge in [0.05, 0.1) is 13.2 Å². The smallest absolute Gasteiger partial charge is 0.0594 e. The van der Waals surface area contributed by atoms with Gasteiger partial charge in [-0.1, -0.05) is 44.2 Å². The van der Waals surface area contributed by atoms with Crippen LogP contribution in [0.2, 0.25) is 0 Å². The van der Waals surface area contributed by atoms with Crippen molar-refractivity contribution < 1.29 is 4.74 Å². The molecule has 0 aliphatic carbocycles. The van der Waals surface area contributed by atoms with Gasteiger partial charge in [0.25, 0.3) is 0 Å². The van der Waals surface area contributed by atoms with Gasteiger partial charge >= 0.3 is 0 Å². The van der Waals surface area contributed by atoms with Gasteiger partial charge in [-0.3, -0.25) is 4.90 Å². The third-order valence-corrected chi connectivity index (χ3v) is 4.93. The molecule has 1 N–H and O–H groups in total. The Balaban J connectivity index is 2.16. The maximum absolute atomic E-state index is 5.54. The predicted molar refractivity (Wildman–Crippen MR) is 88.7 cm³/mol. The number of likely N-dealkylation sites (N-methyl/N-ethyl adjacent to an activating group) is 1. The number of ether oxygens (including phenoxy) is 1. The summed E-state index contributed by atoms with van der Waals surface area (Å²) in [5.74, 6) is 0. The lowest BCUT2D eigenvalue weighted by molar-refractivity contribution is -0.0320. The van der Waals surface area contributed by atoms with E-state index < -0.39 is 0 Å². The van der Waals surface area contributed by atoms with Gasteiger partial charge in [-0.15, -0.1) is 0 Å². The maximum Gasteiger partial charge on any atom is 0.0594 e. The molecule has 0 spiro atoms. The van der Waals surface area contributed by atoms with Crippen LogP contribution in [0.5, 0.6) is 0 Å². The fourth-order valence-electron chi connectivity index (χ4n) is 3.37. The quantitative estimate of drug-likeness (QED) is 0.835. The van der Waals surface area contributed by atoms with Crippen LogP contribution in [0.3, 0.4) is 0 Å². The largest absolute Gasteiger partial charge is 0.379 e. The van der Waals surface area contributed by atoms with E-state index in [1.165, 1.54) is 5.56 Å². The summed E-state index contributed by atoms with van der Waals surface area (Å²) in [6.45, 7) is 11.7. The van der Waals surface area contributed by atoms with Crippen LogP contribution >= 0.6 is 0 Å². The summed E-state index contributed by atoms with van der Waals surface area (Å²) in [7, 11) is 0. The molecule has 1 aliphatic heterocycles. The van der Waals surface area contributed by atoms with E-state index in [0.29, 0.717) is 6.04 Å². The molecular weight excluding hydrogens is 260 g/mol. The average molecular weight is 290 g/mol. The zero-order valence-electron chi connectivity index (χ0n) is 13.8. The minimum atomic E-state index is 0.176. The van der Waals surface area contributed by atoms with E-state index in [0.717, 1.165) is 45.7 Å². The van der Waals surface area contributed by atoms with Gasteiger partial charge in [0.15, 0.2) is 0 Å². The van der Waals surface area contributed by atoms with E-state index in [2.05, 4.69) is 61.3 Å². The fourth-order valence-corrected chi connectivity index (χ4v) is 3.37. The molecule has 0 amide bonds. The number of benzene rings is 1. The molecule has 3 heteroatoms. The first kappa shape index (κ1) is 16.5. The van der Waals surface area contributed by atoms with Gasteiger partial charge in [-0.05, 0) is 31.9 Å². The van der Waals surface area contributed by atoms with Crippen LogP contribution < -0.4 is 5.32 Å². The Morgan fingerprint density at radius 1 is 1.19 bits per heavy atom. The summed E-state index contributed by atoms with van der Waals surface area (Å²) in [5, 5.41) is 3.74. The van der Waals surface area contributed by atoms with Gasteiger partial charge in [0.1, 0.15) is 0 Å². The van der Waals surface area contributed by atoms with E-state index in [9.17, 15) is 0 Å². The molecule has 1 aromatic carbocycles. The molecule has 21 heavy (non-hydrogen) atoms. The number of hydrogen-bond acceptors (Lipinski definition) is 3. The van der Waals surface area contributed by atoms with E-state index >= 15 is 0 Å². The maximum atomic E-state index is 5.54. The van der Waals surface area contributed by atoms with Crippen molar-refractivity contribution >= 4 is 0 Å². The lowest BCUT2D eigenvalue weighted by Gasteiger charge is -2.48. The van der Waals surface area contributed by atoms with Crippen LogP contribution in [0.15, 0.2) is 30.3 Å². The zero-order chi connectivity index (χ0) is 15.1. The van der Waals surface area contributed by atoms with Crippen LogP contribution in [-0.4, -0.2) is 49.3 Å². The number of nitrogens with zero attached hydrogens (tertiary/aromatic N) is 1. The summed E-state index contributed by atoms with van der Waals surface area (Å²) in [5.41, 5.74) is 1.59. The van der Waals surface area contributed by atoms with Crippen molar-refractivity contribution in [2.75, 3.05) is 32.8 Å². The molecule has 0 aromatic heterocycles. The highest BCUT2D eigenvalue weighted by Crippen LogP contribution is 2.27. The third-order valence-electron chi connectivity index (χ3n) is 4.93. The molecule has 2 unspecified atom stereocenters. The first-order valence-electron chi connectivity index (χ1n) is 8.30. The number of morpholine rings is 1. The molecular formula is C18H30N2O. The minimum Gasteiger partial charge on any atom is -0.379 e. The molecule has 3 nitrogen and oxygen atoms in total. The molecule has 1 saturated heterocycles. The van der Waals surface area contributed by atoms with Gasteiger partial charge < -0.3 is 10.1 Å². The van der Waals surface area contributed by atoms with Crippen molar-refractivity contribution in [3.05, 3.63) is 35.9 Å².